The number of carbonyl (C=O) groups is 2. The molecule has 0 aliphatic heterocycles. The Morgan fingerprint density at radius 3 is 2.62 bits per heavy atom. The number of carbonyl (C=O) groups excluding carboxylic acids is 1. The van der Waals surface area contributed by atoms with Gasteiger partial charge < -0.3 is 10.4 Å². The summed E-state index contributed by atoms with van der Waals surface area (Å²) in [6.45, 7) is 0. The average molecular weight is 307 g/mol. The van der Waals surface area contributed by atoms with Gasteiger partial charge in [0.15, 0.2) is 0 Å². The summed E-state index contributed by atoms with van der Waals surface area (Å²) in [5.74, 6) is -0.929. The first-order valence-corrected chi connectivity index (χ1v) is 8.51. The summed E-state index contributed by atoms with van der Waals surface area (Å²) in [5.41, 5.74) is 1.09. The molecule has 0 aromatic heterocycles. The van der Waals surface area contributed by atoms with Crippen LogP contribution in [0.25, 0.3) is 0 Å². The van der Waals surface area contributed by atoms with E-state index in [4.69, 9.17) is 5.11 Å². The zero-order chi connectivity index (χ0) is 15.2. The van der Waals surface area contributed by atoms with Crippen LogP contribution >= 0.6 is 11.8 Å². The number of nitrogens with one attached hydrogen (secondary N) is 1. The van der Waals surface area contributed by atoms with E-state index in [1.54, 1.807) is 12.1 Å². The smallest absolute Gasteiger partial charge is 0.335 e. The van der Waals surface area contributed by atoms with E-state index in [2.05, 4.69) is 11.6 Å². The van der Waals surface area contributed by atoms with Gasteiger partial charge in [0.25, 0.3) is 0 Å². The molecule has 0 radical (unpaired) electrons. The van der Waals surface area contributed by atoms with Crippen LogP contribution in [-0.4, -0.2) is 34.5 Å². The molecule has 5 heteroatoms. The van der Waals surface area contributed by atoms with Crippen LogP contribution in [0, 0.1) is 0 Å². The molecule has 0 spiro atoms. The maximum absolute atomic E-state index is 12.1. The van der Waals surface area contributed by atoms with Gasteiger partial charge in [0.05, 0.1) is 12.0 Å². The van der Waals surface area contributed by atoms with Crippen molar-refractivity contribution in [3.05, 3.63) is 35.4 Å². The highest BCUT2D eigenvalue weighted by atomic mass is 32.2. The number of amides is 1. The largest absolute Gasteiger partial charge is 0.478 e. The van der Waals surface area contributed by atoms with E-state index < -0.39 is 5.97 Å². The molecule has 2 unspecified atom stereocenters. The zero-order valence-electron chi connectivity index (χ0n) is 12.2. The van der Waals surface area contributed by atoms with Gasteiger partial charge in [-0.25, -0.2) is 4.79 Å². The number of carboxylic acids is 1. The molecule has 1 aromatic carbocycles. The Labute approximate surface area is 129 Å². The third kappa shape index (κ3) is 4.77. The molecule has 0 bridgehead atoms. The van der Waals surface area contributed by atoms with E-state index >= 15 is 0 Å². The summed E-state index contributed by atoms with van der Waals surface area (Å²) in [7, 11) is 0. The normalized spacial score (nSPS) is 21.8. The molecule has 1 amide bonds. The lowest BCUT2D eigenvalue weighted by molar-refractivity contribution is -0.121. The van der Waals surface area contributed by atoms with Crippen molar-refractivity contribution in [3.8, 4) is 0 Å². The second-order valence-electron chi connectivity index (χ2n) is 5.47. The van der Waals surface area contributed by atoms with Crippen LogP contribution in [0.15, 0.2) is 24.3 Å². The van der Waals surface area contributed by atoms with Crippen LogP contribution in [0.4, 0.5) is 0 Å². The summed E-state index contributed by atoms with van der Waals surface area (Å²) >= 11 is 1.88. The molecule has 0 heterocycles. The van der Waals surface area contributed by atoms with Crippen molar-refractivity contribution in [3.63, 3.8) is 0 Å². The predicted molar refractivity (Wildman–Crippen MR) is 84.8 cm³/mol. The van der Waals surface area contributed by atoms with E-state index in [0.29, 0.717) is 11.7 Å². The van der Waals surface area contributed by atoms with E-state index in [9.17, 15) is 9.59 Å². The number of aromatic carboxylic acids is 1. The van der Waals surface area contributed by atoms with E-state index in [-0.39, 0.29) is 17.5 Å². The number of carboxylic acid groups (broad SMARTS) is 1. The summed E-state index contributed by atoms with van der Waals surface area (Å²) in [6.07, 6.45) is 6.94. The molecule has 2 atom stereocenters. The van der Waals surface area contributed by atoms with Crippen molar-refractivity contribution in [2.24, 2.45) is 0 Å². The number of rotatable bonds is 5. The molecule has 114 valence electrons. The fourth-order valence-electron chi connectivity index (χ4n) is 2.72. The number of benzene rings is 1. The second kappa shape index (κ2) is 7.50. The molecule has 1 aromatic rings. The number of thioether (sulfide) groups is 1. The monoisotopic (exact) mass is 307 g/mol. The summed E-state index contributed by atoms with van der Waals surface area (Å²) in [5, 5.41) is 12.6. The Hall–Kier alpha value is -1.49. The highest BCUT2D eigenvalue weighted by molar-refractivity contribution is 7.99. The maximum atomic E-state index is 12.1. The van der Waals surface area contributed by atoms with Gasteiger partial charge >= 0.3 is 5.97 Å². The Balaban J connectivity index is 1.85. The van der Waals surface area contributed by atoms with Crippen molar-refractivity contribution in [1.29, 1.82) is 0 Å². The first-order valence-electron chi connectivity index (χ1n) is 7.23. The second-order valence-corrected chi connectivity index (χ2v) is 6.61. The Bertz CT molecular complexity index is 501. The molecular formula is C16H21NO3S. The highest BCUT2D eigenvalue weighted by Crippen LogP contribution is 2.26. The molecule has 0 saturated heterocycles. The fraction of sp³-hybridized carbons (Fsp3) is 0.500. The minimum atomic E-state index is -0.948. The summed E-state index contributed by atoms with van der Waals surface area (Å²) in [4.78, 5) is 22.8. The molecule has 1 aliphatic carbocycles. The van der Waals surface area contributed by atoms with E-state index in [1.165, 1.54) is 25.0 Å². The average Bonchev–Trinajstić information content (AvgIpc) is 2.47. The number of hydrogen-bond acceptors (Lipinski definition) is 3. The Kier molecular flexibility index (Phi) is 5.67. The first-order chi connectivity index (χ1) is 10.1. The quantitative estimate of drug-likeness (QED) is 0.878. The summed E-state index contributed by atoms with van der Waals surface area (Å²) < 4.78 is 0. The Morgan fingerprint density at radius 1 is 1.29 bits per heavy atom. The van der Waals surface area contributed by atoms with Crippen molar-refractivity contribution < 1.29 is 14.7 Å². The van der Waals surface area contributed by atoms with Gasteiger partial charge in [-0.3, -0.25) is 4.79 Å². The van der Waals surface area contributed by atoms with Crippen molar-refractivity contribution in [2.75, 3.05) is 6.26 Å². The zero-order valence-corrected chi connectivity index (χ0v) is 13.0. The molecule has 1 fully saturated rings. The van der Waals surface area contributed by atoms with Crippen molar-refractivity contribution in [1.82, 2.24) is 5.32 Å². The van der Waals surface area contributed by atoms with Gasteiger partial charge in [0.2, 0.25) is 5.91 Å². The van der Waals surface area contributed by atoms with Crippen LogP contribution in [0.5, 0.6) is 0 Å². The topological polar surface area (TPSA) is 66.4 Å². The minimum absolute atomic E-state index is 0.0184. The third-order valence-electron chi connectivity index (χ3n) is 3.89. The van der Waals surface area contributed by atoms with Crippen molar-refractivity contribution >= 4 is 23.6 Å². The van der Waals surface area contributed by atoms with Gasteiger partial charge in [-0.2, -0.15) is 11.8 Å². The van der Waals surface area contributed by atoms with Gasteiger partial charge in [-0.1, -0.05) is 18.6 Å². The molecule has 4 nitrogen and oxygen atoms in total. The lowest BCUT2D eigenvalue weighted by Gasteiger charge is -2.28. The van der Waals surface area contributed by atoms with Crippen LogP contribution < -0.4 is 5.32 Å². The SMILES string of the molecule is CSC1CCCC(NC(=O)Cc2ccc(C(=O)O)cc2)C1. The fourth-order valence-corrected chi connectivity index (χ4v) is 3.55. The van der Waals surface area contributed by atoms with Crippen molar-refractivity contribution in [2.45, 2.75) is 43.4 Å². The van der Waals surface area contributed by atoms with Gasteiger partial charge in [-0.05, 0) is 43.2 Å². The molecule has 21 heavy (non-hydrogen) atoms. The highest BCUT2D eigenvalue weighted by Gasteiger charge is 2.22. The standard InChI is InChI=1S/C16H21NO3S/c1-21-14-4-2-3-13(10-14)17-15(18)9-11-5-7-12(8-6-11)16(19)20/h5-8,13-14H,2-4,9-10H2,1H3,(H,17,18)(H,19,20). The van der Waals surface area contributed by atoms with E-state index in [1.807, 2.05) is 11.8 Å². The van der Waals surface area contributed by atoms with E-state index in [0.717, 1.165) is 18.4 Å². The van der Waals surface area contributed by atoms with Crippen LogP contribution in [0.1, 0.15) is 41.6 Å². The Morgan fingerprint density at radius 2 is 2.00 bits per heavy atom. The lowest BCUT2D eigenvalue weighted by atomic mass is 9.94. The number of hydrogen-bond donors (Lipinski definition) is 2. The summed E-state index contributed by atoms with van der Waals surface area (Å²) in [6, 6.07) is 6.76. The van der Waals surface area contributed by atoms with Crippen LogP contribution in [-0.2, 0) is 11.2 Å². The first kappa shape index (κ1) is 15.9. The third-order valence-corrected chi connectivity index (χ3v) is 4.98. The van der Waals surface area contributed by atoms with Crippen LogP contribution in [0.2, 0.25) is 0 Å². The minimum Gasteiger partial charge on any atom is -0.478 e. The molecular weight excluding hydrogens is 286 g/mol. The van der Waals surface area contributed by atoms with Gasteiger partial charge in [0.1, 0.15) is 0 Å². The predicted octanol–water partition coefficient (Wildman–Crippen LogP) is 2.72. The molecule has 1 saturated carbocycles. The molecule has 2 rings (SSSR count). The van der Waals surface area contributed by atoms with Gasteiger partial charge in [-0.15, -0.1) is 0 Å². The van der Waals surface area contributed by atoms with Gasteiger partial charge in [0, 0.05) is 11.3 Å². The molecule has 1 aliphatic rings. The molecule has 2 N–H and O–H groups in total. The van der Waals surface area contributed by atoms with Crippen LogP contribution in [0.3, 0.4) is 0 Å². The maximum Gasteiger partial charge on any atom is 0.335 e. The lowest BCUT2D eigenvalue weighted by Crippen LogP contribution is -2.39.